The van der Waals surface area contributed by atoms with E-state index in [0.29, 0.717) is 11.1 Å². The monoisotopic (exact) mass is 278 g/mol. The molecule has 2 nitrogen and oxygen atoms in total. The molecule has 0 heterocycles. The highest BCUT2D eigenvalue weighted by Gasteiger charge is 2.08. The van der Waals surface area contributed by atoms with E-state index >= 15 is 0 Å². The zero-order valence-electron chi connectivity index (χ0n) is 9.75. The lowest BCUT2D eigenvalue weighted by Crippen LogP contribution is -2.04. The number of hydrogen-bond donors (Lipinski definition) is 1. The van der Waals surface area contributed by atoms with Crippen LogP contribution in [0, 0.1) is 23.0 Å². The van der Waals surface area contributed by atoms with Gasteiger partial charge in [0.05, 0.1) is 22.3 Å². The normalized spacial score (nSPS) is 10.0. The van der Waals surface area contributed by atoms with Crippen LogP contribution in [-0.2, 0) is 6.54 Å². The summed E-state index contributed by atoms with van der Waals surface area (Å²) in [5.41, 5.74) is 0.831. The van der Waals surface area contributed by atoms with Gasteiger partial charge in [-0.25, -0.2) is 8.78 Å². The maximum absolute atomic E-state index is 13.6. The van der Waals surface area contributed by atoms with Gasteiger partial charge in [-0.15, -0.1) is 0 Å². The quantitative estimate of drug-likeness (QED) is 0.917. The molecule has 2 rings (SSSR count). The lowest BCUT2D eigenvalue weighted by atomic mass is 10.1. The Bertz CT molecular complexity index is 650. The number of hydrogen-bond acceptors (Lipinski definition) is 2. The molecule has 0 bridgehead atoms. The number of nitriles is 1. The number of benzene rings is 2. The third-order valence-electron chi connectivity index (χ3n) is 2.60. The van der Waals surface area contributed by atoms with Crippen LogP contribution in [0.3, 0.4) is 0 Å². The molecule has 0 aliphatic carbocycles. The van der Waals surface area contributed by atoms with E-state index in [4.69, 9.17) is 16.9 Å². The lowest BCUT2D eigenvalue weighted by molar-refractivity contribution is 0.610. The number of anilines is 1. The molecule has 0 aliphatic heterocycles. The first kappa shape index (κ1) is 13.3. The van der Waals surface area contributed by atoms with Crippen molar-refractivity contribution < 1.29 is 8.78 Å². The van der Waals surface area contributed by atoms with Crippen LogP contribution in [0.4, 0.5) is 14.5 Å². The Morgan fingerprint density at radius 2 is 2.00 bits per heavy atom. The van der Waals surface area contributed by atoms with Gasteiger partial charge in [0, 0.05) is 12.1 Å². The Labute approximate surface area is 114 Å². The molecule has 0 saturated heterocycles. The van der Waals surface area contributed by atoms with Gasteiger partial charge < -0.3 is 5.32 Å². The molecule has 0 unspecified atom stereocenters. The van der Waals surface area contributed by atoms with Crippen molar-refractivity contribution in [3.63, 3.8) is 0 Å². The first-order chi connectivity index (χ1) is 9.11. The number of halogens is 3. The maximum atomic E-state index is 13.6. The molecule has 0 atom stereocenters. The van der Waals surface area contributed by atoms with E-state index < -0.39 is 11.6 Å². The van der Waals surface area contributed by atoms with Crippen molar-refractivity contribution in [2.45, 2.75) is 6.54 Å². The fourth-order valence-corrected chi connectivity index (χ4v) is 1.79. The van der Waals surface area contributed by atoms with Crippen molar-refractivity contribution in [2.24, 2.45) is 0 Å². The molecule has 0 aromatic heterocycles. The van der Waals surface area contributed by atoms with E-state index in [2.05, 4.69) is 5.32 Å². The Morgan fingerprint density at radius 3 is 2.74 bits per heavy atom. The van der Waals surface area contributed by atoms with Gasteiger partial charge in [0.15, 0.2) is 5.82 Å². The molecule has 5 heteroatoms. The highest BCUT2D eigenvalue weighted by molar-refractivity contribution is 6.31. The molecule has 0 spiro atoms. The highest BCUT2D eigenvalue weighted by atomic mass is 35.5. The van der Waals surface area contributed by atoms with Crippen molar-refractivity contribution in [3.8, 4) is 6.07 Å². The summed E-state index contributed by atoms with van der Waals surface area (Å²) in [6, 6.07) is 10.5. The van der Waals surface area contributed by atoms with Crippen LogP contribution < -0.4 is 5.32 Å². The number of rotatable bonds is 3. The first-order valence-electron chi connectivity index (χ1n) is 5.48. The van der Waals surface area contributed by atoms with E-state index in [1.54, 1.807) is 6.07 Å². The smallest absolute Gasteiger partial charge is 0.164 e. The molecule has 2 aromatic rings. The van der Waals surface area contributed by atoms with Gasteiger partial charge in [-0.3, -0.25) is 0 Å². The molecule has 0 aliphatic rings. The van der Waals surface area contributed by atoms with Gasteiger partial charge in [0.2, 0.25) is 0 Å². The maximum Gasteiger partial charge on any atom is 0.164 e. The van der Waals surface area contributed by atoms with Crippen molar-refractivity contribution in [1.82, 2.24) is 0 Å². The van der Waals surface area contributed by atoms with Crippen LogP contribution in [0.25, 0.3) is 0 Å². The summed E-state index contributed by atoms with van der Waals surface area (Å²) in [7, 11) is 0. The van der Waals surface area contributed by atoms with Crippen LogP contribution in [0.15, 0.2) is 36.4 Å². The van der Waals surface area contributed by atoms with E-state index in [1.807, 2.05) is 6.07 Å². The third kappa shape index (κ3) is 3.01. The van der Waals surface area contributed by atoms with Crippen molar-refractivity contribution in [3.05, 3.63) is 64.2 Å². The first-order valence-corrected chi connectivity index (χ1v) is 5.86. The standard InChI is InChI=1S/C14H9ClF2N2/c15-11-2-1-3-13(14(11)17)19-8-10-6-9(7-18)4-5-12(10)16/h1-6,19H,8H2. The molecule has 0 amide bonds. The summed E-state index contributed by atoms with van der Waals surface area (Å²) in [5, 5.41) is 11.5. The minimum Gasteiger partial charge on any atom is -0.378 e. The van der Waals surface area contributed by atoms with Crippen molar-refractivity contribution in [2.75, 3.05) is 5.32 Å². The summed E-state index contributed by atoms with van der Waals surface area (Å²) in [6.45, 7) is 0.0681. The van der Waals surface area contributed by atoms with Crippen LogP contribution in [0.5, 0.6) is 0 Å². The van der Waals surface area contributed by atoms with E-state index in [1.165, 1.54) is 30.3 Å². The summed E-state index contributed by atoms with van der Waals surface area (Å²) >= 11 is 5.64. The molecule has 2 aromatic carbocycles. The SMILES string of the molecule is N#Cc1ccc(F)c(CNc2cccc(Cl)c2F)c1. The average Bonchev–Trinajstić information content (AvgIpc) is 2.42. The Kier molecular flexibility index (Phi) is 3.98. The molecule has 96 valence electrons. The van der Waals surface area contributed by atoms with Crippen molar-refractivity contribution >= 4 is 17.3 Å². The van der Waals surface area contributed by atoms with E-state index in [9.17, 15) is 8.78 Å². The predicted molar refractivity (Wildman–Crippen MR) is 69.9 cm³/mol. The third-order valence-corrected chi connectivity index (χ3v) is 2.89. The molecule has 19 heavy (non-hydrogen) atoms. The average molecular weight is 279 g/mol. The van der Waals surface area contributed by atoms with Gasteiger partial charge in [0.1, 0.15) is 5.82 Å². The molecular weight excluding hydrogens is 270 g/mol. The fourth-order valence-electron chi connectivity index (χ4n) is 1.61. The van der Waals surface area contributed by atoms with Gasteiger partial charge in [-0.2, -0.15) is 5.26 Å². The Morgan fingerprint density at radius 1 is 1.21 bits per heavy atom. The molecular formula is C14H9ClF2N2. The lowest BCUT2D eigenvalue weighted by Gasteiger charge is -2.09. The summed E-state index contributed by atoms with van der Waals surface area (Å²) in [5.74, 6) is -1.03. The van der Waals surface area contributed by atoms with Gasteiger partial charge in [0.25, 0.3) is 0 Å². The Balaban J connectivity index is 2.19. The number of nitrogens with zero attached hydrogens (tertiary/aromatic N) is 1. The van der Waals surface area contributed by atoms with Crippen molar-refractivity contribution in [1.29, 1.82) is 5.26 Å². The largest absolute Gasteiger partial charge is 0.378 e. The van der Waals surface area contributed by atoms with Crippen LogP contribution >= 0.6 is 11.6 Å². The molecule has 1 N–H and O–H groups in total. The highest BCUT2D eigenvalue weighted by Crippen LogP contribution is 2.23. The molecule has 0 saturated carbocycles. The zero-order valence-corrected chi connectivity index (χ0v) is 10.5. The van der Waals surface area contributed by atoms with E-state index in [0.717, 1.165) is 0 Å². The second-order valence-corrected chi connectivity index (χ2v) is 4.28. The molecule has 0 fully saturated rings. The van der Waals surface area contributed by atoms with Crippen LogP contribution in [0.2, 0.25) is 5.02 Å². The number of nitrogens with one attached hydrogen (secondary N) is 1. The summed E-state index contributed by atoms with van der Waals surface area (Å²) in [4.78, 5) is 0. The summed E-state index contributed by atoms with van der Waals surface area (Å²) < 4.78 is 27.1. The van der Waals surface area contributed by atoms with Gasteiger partial charge in [-0.05, 0) is 30.3 Å². The predicted octanol–water partition coefficient (Wildman–Crippen LogP) is 4.10. The second-order valence-electron chi connectivity index (χ2n) is 3.87. The molecule has 0 radical (unpaired) electrons. The minimum absolute atomic E-state index is 0.00347. The minimum atomic E-state index is -0.582. The Hall–Kier alpha value is -2.12. The summed E-state index contributed by atoms with van der Waals surface area (Å²) in [6.07, 6.45) is 0. The van der Waals surface area contributed by atoms with Crippen LogP contribution in [0.1, 0.15) is 11.1 Å². The van der Waals surface area contributed by atoms with Gasteiger partial charge in [-0.1, -0.05) is 17.7 Å². The fraction of sp³-hybridized carbons (Fsp3) is 0.0714. The van der Waals surface area contributed by atoms with Gasteiger partial charge >= 0.3 is 0 Å². The van der Waals surface area contributed by atoms with E-state index in [-0.39, 0.29) is 17.3 Å². The van der Waals surface area contributed by atoms with Crippen LogP contribution in [-0.4, -0.2) is 0 Å². The second kappa shape index (κ2) is 5.68. The zero-order chi connectivity index (χ0) is 13.8. The topological polar surface area (TPSA) is 35.8 Å².